The zero-order valence-electron chi connectivity index (χ0n) is 38.7. The normalized spacial score (nSPS) is 14.0. The summed E-state index contributed by atoms with van der Waals surface area (Å²) in [5, 5.41) is 5.05. The van der Waals surface area contributed by atoms with Crippen LogP contribution in [0.3, 0.4) is 0 Å². The van der Waals surface area contributed by atoms with Gasteiger partial charge in [-0.25, -0.2) is 0 Å². The molecule has 0 spiro atoms. The molecule has 0 N–H and O–H groups in total. The average molecular weight is 867 g/mol. The molecule has 11 aromatic carbocycles. The molecule has 0 aliphatic heterocycles. The zero-order chi connectivity index (χ0) is 45.6. The maximum Gasteiger partial charge on any atom is 0.0713 e. The largest absolute Gasteiger partial charge is 0.0713 e. The van der Waals surface area contributed by atoms with E-state index in [0.717, 1.165) is 0 Å². The highest BCUT2D eigenvalue weighted by Crippen LogP contribution is 2.58. The molecular weight excluding hydrogens is 817 g/mol. The lowest BCUT2D eigenvalue weighted by atomic mass is 9.67. The third-order valence-electron chi connectivity index (χ3n) is 15.4. The van der Waals surface area contributed by atoms with Crippen molar-refractivity contribution in [2.75, 3.05) is 0 Å². The third kappa shape index (κ3) is 5.67. The minimum Gasteiger partial charge on any atom is -0.0622 e. The smallest absolute Gasteiger partial charge is 0.0622 e. The van der Waals surface area contributed by atoms with Crippen molar-refractivity contribution in [2.24, 2.45) is 0 Å². The maximum atomic E-state index is 2.48. The van der Waals surface area contributed by atoms with E-state index in [1.54, 1.807) is 0 Å². The van der Waals surface area contributed by atoms with Gasteiger partial charge in [0.05, 0.1) is 10.8 Å². The van der Waals surface area contributed by atoms with Crippen LogP contribution in [-0.2, 0) is 16.2 Å². The molecule has 0 fully saturated rings. The van der Waals surface area contributed by atoms with E-state index in [4.69, 9.17) is 0 Å². The van der Waals surface area contributed by atoms with Gasteiger partial charge in [-0.05, 0) is 128 Å². The molecule has 2 aliphatic rings. The second-order valence-corrected chi connectivity index (χ2v) is 19.9. The number of benzene rings is 11. The van der Waals surface area contributed by atoms with Gasteiger partial charge in [-0.2, -0.15) is 0 Å². The van der Waals surface area contributed by atoms with Gasteiger partial charge in [-0.3, -0.25) is 0 Å². The fraction of sp³-hybridized carbons (Fsp3) is 0.0882. The van der Waals surface area contributed by atoms with Crippen LogP contribution in [0.15, 0.2) is 249 Å². The fourth-order valence-corrected chi connectivity index (χ4v) is 12.5. The highest BCUT2D eigenvalue weighted by Gasteiger charge is 2.47. The van der Waals surface area contributed by atoms with Crippen molar-refractivity contribution < 1.29 is 0 Å². The number of hydrogen-bond acceptors (Lipinski definition) is 0. The Morgan fingerprint density at radius 2 is 0.574 bits per heavy atom. The summed E-state index contributed by atoms with van der Waals surface area (Å²) in [6, 6.07) is 93.7. The first-order valence-electron chi connectivity index (χ1n) is 24.1. The van der Waals surface area contributed by atoms with Gasteiger partial charge in [0, 0.05) is 0 Å². The third-order valence-corrected chi connectivity index (χ3v) is 15.4. The van der Waals surface area contributed by atoms with Crippen LogP contribution in [0.2, 0.25) is 0 Å². The molecule has 2 aliphatic carbocycles. The Morgan fingerprint density at radius 3 is 0.956 bits per heavy atom. The molecule has 0 saturated heterocycles. The molecular formula is C68H50. The first-order chi connectivity index (χ1) is 33.4. The lowest BCUT2D eigenvalue weighted by molar-refractivity contribution is 0.591. The van der Waals surface area contributed by atoms with Gasteiger partial charge in [0.15, 0.2) is 0 Å². The van der Waals surface area contributed by atoms with Crippen molar-refractivity contribution in [1.82, 2.24) is 0 Å². The molecule has 0 radical (unpaired) electrons. The van der Waals surface area contributed by atoms with E-state index in [-0.39, 0.29) is 5.41 Å². The van der Waals surface area contributed by atoms with E-state index in [0.29, 0.717) is 0 Å². The molecule has 0 amide bonds. The molecule has 0 nitrogen and oxygen atoms in total. The Morgan fingerprint density at radius 1 is 0.265 bits per heavy atom. The van der Waals surface area contributed by atoms with E-state index in [1.165, 1.54) is 116 Å². The van der Waals surface area contributed by atoms with Gasteiger partial charge in [-0.15, -0.1) is 0 Å². The summed E-state index contributed by atoms with van der Waals surface area (Å²) < 4.78 is 0. The molecule has 68 heavy (non-hydrogen) atoms. The first kappa shape index (κ1) is 40.2. The highest BCUT2D eigenvalue weighted by atomic mass is 14.5. The quantitative estimate of drug-likeness (QED) is 0.146. The Labute approximate surface area is 399 Å². The van der Waals surface area contributed by atoms with Crippen molar-refractivity contribution in [1.29, 1.82) is 0 Å². The van der Waals surface area contributed by atoms with Crippen molar-refractivity contribution in [2.45, 2.75) is 37.0 Å². The molecule has 0 atom stereocenters. The molecule has 0 bridgehead atoms. The van der Waals surface area contributed by atoms with Crippen LogP contribution in [0.5, 0.6) is 0 Å². The molecule has 0 heteroatoms. The molecule has 0 heterocycles. The van der Waals surface area contributed by atoms with Crippen molar-refractivity contribution >= 4 is 21.5 Å². The minimum absolute atomic E-state index is 0.0340. The Balaban J connectivity index is 1.02. The standard InChI is InChI=1S/C68H50/c1-66(2,3)51-42-43-58-59(44-51)65(46-36-40-50(41-37-46)68(48-22-8-5-9-23-48)62-32-18-14-26-54(62)55-27-15-19-33-63(55)68)57-29-11-10-28-56(57)64(58)45-34-38-49(39-35-45)67(47-20-6-4-7-21-47)60-30-16-12-24-52(60)53-25-13-17-31-61(53)67/h4-44H,1-3H3. The number of fused-ring (bicyclic) bond motifs is 8. The molecule has 322 valence electrons. The number of hydrogen-bond donors (Lipinski definition) is 0. The summed E-state index contributed by atoms with van der Waals surface area (Å²) in [5.41, 5.74) is 21.0. The van der Waals surface area contributed by atoms with Gasteiger partial charge < -0.3 is 0 Å². The van der Waals surface area contributed by atoms with E-state index < -0.39 is 10.8 Å². The van der Waals surface area contributed by atoms with Crippen LogP contribution in [0.4, 0.5) is 0 Å². The van der Waals surface area contributed by atoms with Gasteiger partial charge in [0.1, 0.15) is 0 Å². The van der Waals surface area contributed by atoms with E-state index >= 15 is 0 Å². The lowest BCUT2D eigenvalue weighted by Crippen LogP contribution is -2.28. The van der Waals surface area contributed by atoms with E-state index in [1.807, 2.05) is 0 Å². The van der Waals surface area contributed by atoms with Gasteiger partial charge in [0.2, 0.25) is 0 Å². The van der Waals surface area contributed by atoms with Crippen molar-refractivity contribution in [3.8, 4) is 44.5 Å². The molecule has 0 aromatic heterocycles. The van der Waals surface area contributed by atoms with Gasteiger partial charge in [0.25, 0.3) is 0 Å². The molecule has 13 rings (SSSR count). The lowest BCUT2D eigenvalue weighted by Gasteiger charge is -2.34. The summed E-state index contributed by atoms with van der Waals surface area (Å²) in [6.45, 7) is 6.97. The van der Waals surface area contributed by atoms with Crippen LogP contribution < -0.4 is 0 Å². The van der Waals surface area contributed by atoms with Crippen LogP contribution in [0, 0.1) is 0 Å². The maximum absolute atomic E-state index is 2.48. The average Bonchev–Trinajstić information content (AvgIpc) is 3.87. The molecule has 0 unspecified atom stereocenters. The summed E-state index contributed by atoms with van der Waals surface area (Å²) in [7, 11) is 0. The predicted octanol–water partition coefficient (Wildman–Crippen LogP) is 17.4. The summed E-state index contributed by atoms with van der Waals surface area (Å²) in [6.07, 6.45) is 0. The zero-order valence-corrected chi connectivity index (χ0v) is 38.7. The number of rotatable bonds is 6. The van der Waals surface area contributed by atoms with E-state index in [9.17, 15) is 0 Å². The summed E-state index contributed by atoms with van der Waals surface area (Å²) >= 11 is 0. The van der Waals surface area contributed by atoms with Crippen molar-refractivity contribution in [3.63, 3.8) is 0 Å². The Bertz CT molecular complexity index is 3640. The second-order valence-electron chi connectivity index (χ2n) is 19.9. The first-order valence-corrected chi connectivity index (χ1v) is 24.1. The molecule has 0 saturated carbocycles. The van der Waals surface area contributed by atoms with Gasteiger partial charge in [-0.1, -0.05) is 263 Å². The van der Waals surface area contributed by atoms with E-state index in [2.05, 4.69) is 269 Å². The Kier molecular flexibility index (Phi) is 9.02. The van der Waals surface area contributed by atoms with Gasteiger partial charge >= 0.3 is 0 Å². The van der Waals surface area contributed by atoms with Crippen molar-refractivity contribution in [3.05, 3.63) is 299 Å². The van der Waals surface area contributed by atoms with Crippen LogP contribution in [0.25, 0.3) is 66.1 Å². The fourth-order valence-electron chi connectivity index (χ4n) is 12.5. The highest BCUT2D eigenvalue weighted by molar-refractivity contribution is 6.21. The predicted molar refractivity (Wildman–Crippen MR) is 286 cm³/mol. The minimum atomic E-state index is -0.450. The topological polar surface area (TPSA) is 0 Å². The van der Waals surface area contributed by atoms with Crippen LogP contribution >= 0.6 is 0 Å². The second kappa shape index (κ2) is 15.2. The summed E-state index contributed by atoms with van der Waals surface area (Å²) in [5.74, 6) is 0. The Hall–Kier alpha value is -8.06. The van der Waals surface area contributed by atoms with Crippen LogP contribution in [0.1, 0.15) is 70.8 Å². The monoisotopic (exact) mass is 866 g/mol. The van der Waals surface area contributed by atoms with Crippen LogP contribution in [-0.4, -0.2) is 0 Å². The SMILES string of the molecule is CC(C)(C)c1ccc2c(-c3ccc(C4(c5ccccc5)c5ccccc5-c5ccccc54)cc3)c3ccccc3c(-c3ccc(C4(c5ccccc5)c5ccccc5-c5ccccc54)cc3)c2c1. The molecule has 11 aromatic rings. The summed E-state index contributed by atoms with van der Waals surface area (Å²) in [4.78, 5) is 0.